The minimum Gasteiger partial charge on any atom is -0.0683 e. The summed E-state index contributed by atoms with van der Waals surface area (Å²) in [7, 11) is 0. The van der Waals surface area contributed by atoms with E-state index in [1.165, 1.54) is 25.7 Å². The molecule has 0 spiro atoms. The molecule has 0 aromatic rings. The van der Waals surface area contributed by atoms with Crippen molar-refractivity contribution in [3.63, 3.8) is 0 Å². The molecule has 0 aromatic carbocycles. The summed E-state index contributed by atoms with van der Waals surface area (Å²) < 4.78 is 0. The van der Waals surface area contributed by atoms with Crippen LogP contribution in [0.15, 0.2) is 0 Å². The highest BCUT2D eigenvalue weighted by molar-refractivity contribution is 4.50. The second-order valence-electron chi connectivity index (χ2n) is 2.86. The lowest BCUT2D eigenvalue weighted by Crippen LogP contribution is -1.77. The Labute approximate surface area is 80.8 Å². The van der Waals surface area contributed by atoms with Crippen LogP contribution in [0.2, 0.25) is 0 Å². The van der Waals surface area contributed by atoms with Crippen molar-refractivity contribution in [2.45, 2.75) is 74.1 Å². The maximum atomic E-state index is 2.22. The van der Waals surface area contributed by atoms with Crippen LogP contribution in [0.5, 0.6) is 0 Å². The molecule has 0 aromatic heterocycles. The average Bonchev–Trinajstić information content (AvgIpc) is 2.98. The minimum absolute atomic E-state index is 0.884. The van der Waals surface area contributed by atoms with Gasteiger partial charge >= 0.3 is 0 Å². The lowest BCUT2D eigenvalue weighted by molar-refractivity contribution is 0.626. The van der Waals surface area contributed by atoms with Gasteiger partial charge in [-0.1, -0.05) is 74.1 Å². The molecule has 0 aliphatic heterocycles. The van der Waals surface area contributed by atoms with E-state index in [0.717, 1.165) is 5.92 Å². The number of rotatable bonds is 1. The van der Waals surface area contributed by atoms with Gasteiger partial charge in [-0.25, -0.2) is 0 Å². The van der Waals surface area contributed by atoms with Crippen molar-refractivity contribution in [3.05, 3.63) is 0 Å². The maximum Gasteiger partial charge on any atom is -0.0474 e. The summed E-state index contributed by atoms with van der Waals surface area (Å²) in [6.45, 7) is 14.6. The Morgan fingerprint density at radius 1 is 0.833 bits per heavy atom. The predicted molar refractivity (Wildman–Crippen MR) is 61.7 cm³/mol. The zero-order chi connectivity index (χ0) is 10.4. The normalized spacial score (nSPS) is 11.0. The molecule has 1 aliphatic rings. The molecule has 1 saturated carbocycles. The first kappa shape index (κ1) is 17.9. The summed E-state index contributed by atoms with van der Waals surface area (Å²) >= 11 is 0. The fraction of sp³-hybridized carbons (Fsp3) is 1.00. The molecule has 0 amide bonds. The first-order valence-electron chi connectivity index (χ1n) is 5.77. The molecule has 12 heavy (non-hydrogen) atoms. The van der Waals surface area contributed by atoms with Gasteiger partial charge in [0.25, 0.3) is 0 Å². The molecule has 0 bridgehead atoms. The van der Waals surface area contributed by atoms with E-state index in [2.05, 4.69) is 20.8 Å². The van der Waals surface area contributed by atoms with Crippen molar-refractivity contribution >= 4 is 0 Å². The van der Waals surface area contributed by atoms with E-state index >= 15 is 0 Å². The van der Waals surface area contributed by atoms with Crippen molar-refractivity contribution in [1.82, 2.24) is 0 Å². The van der Waals surface area contributed by atoms with E-state index in [-0.39, 0.29) is 0 Å². The lowest BCUT2D eigenvalue weighted by Gasteiger charge is -1.90. The SMILES string of the molecule is C1CC1.CC.CC.CCC(C)C. The van der Waals surface area contributed by atoms with Crippen molar-refractivity contribution in [2.24, 2.45) is 5.92 Å². The van der Waals surface area contributed by atoms with E-state index in [9.17, 15) is 0 Å². The second-order valence-corrected chi connectivity index (χ2v) is 2.86. The molecule has 0 N–H and O–H groups in total. The molecule has 1 fully saturated rings. The third-order valence-electron chi connectivity index (χ3n) is 1.17. The van der Waals surface area contributed by atoms with E-state index in [1.807, 2.05) is 27.7 Å². The lowest BCUT2D eigenvalue weighted by atomic mass is 10.2. The monoisotopic (exact) mass is 174 g/mol. The summed E-state index contributed by atoms with van der Waals surface area (Å²) in [6.07, 6.45) is 5.81. The molecular weight excluding hydrogens is 144 g/mol. The summed E-state index contributed by atoms with van der Waals surface area (Å²) in [5.74, 6) is 0.884. The smallest absolute Gasteiger partial charge is 0.0474 e. The standard InChI is InChI=1S/C5H12.C3H6.2C2H6/c1-4-5(2)3;1-2-3-1;2*1-2/h5H,4H2,1-3H3;1-3H2;2*1-2H3. The van der Waals surface area contributed by atoms with E-state index in [4.69, 9.17) is 0 Å². The van der Waals surface area contributed by atoms with Crippen molar-refractivity contribution < 1.29 is 0 Å². The van der Waals surface area contributed by atoms with Gasteiger partial charge in [0.1, 0.15) is 0 Å². The zero-order valence-electron chi connectivity index (χ0n) is 10.4. The Kier molecular flexibility index (Phi) is 33.5. The summed E-state index contributed by atoms with van der Waals surface area (Å²) in [5, 5.41) is 0. The molecule has 1 aliphatic carbocycles. The van der Waals surface area contributed by atoms with Gasteiger partial charge in [-0.15, -0.1) is 0 Å². The van der Waals surface area contributed by atoms with Gasteiger partial charge in [0.15, 0.2) is 0 Å². The molecule has 0 heterocycles. The molecule has 78 valence electrons. The van der Waals surface area contributed by atoms with Crippen LogP contribution in [-0.2, 0) is 0 Å². The van der Waals surface area contributed by atoms with Gasteiger partial charge in [-0.05, 0) is 5.92 Å². The Morgan fingerprint density at radius 2 is 1.00 bits per heavy atom. The molecule has 0 nitrogen and oxygen atoms in total. The third-order valence-corrected chi connectivity index (χ3v) is 1.17. The predicted octanol–water partition coefficient (Wildman–Crippen LogP) is 5.28. The molecule has 0 unspecified atom stereocenters. The van der Waals surface area contributed by atoms with Crippen LogP contribution in [0.4, 0.5) is 0 Å². The van der Waals surface area contributed by atoms with Gasteiger partial charge in [-0.2, -0.15) is 0 Å². The summed E-state index contributed by atoms with van der Waals surface area (Å²) in [4.78, 5) is 0. The Bertz CT molecular complexity index is 32.5. The van der Waals surface area contributed by atoms with Crippen LogP contribution in [-0.4, -0.2) is 0 Å². The van der Waals surface area contributed by atoms with Crippen LogP contribution in [0.3, 0.4) is 0 Å². The van der Waals surface area contributed by atoms with Crippen molar-refractivity contribution in [3.8, 4) is 0 Å². The summed E-state index contributed by atoms with van der Waals surface area (Å²) in [5.41, 5.74) is 0. The third kappa shape index (κ3) is 90.0. The molecule has 0 heteroatoms. The van der Waals surface area contributed by atoms with Crippen molar-refractivity contribution in [2.75, 3.05) is 0 Å². The highest BCUT2D eigenvalue weighted by Gasteiger charge is 1.95. The molecule has 1 rings (SSSR count). The van der Waals surface area contributed by atoms with Gasteiger partial charge in [-0.3, -0.25) is 0 Å². The van der Waals surface area contributed by atoms with Gasteiger partial charge in [0, 0.05) is 0 Å². The molecular formula is C12H30. The second kappa shape index (κ2) is 22.4. The summed E-state index contributed by atoms with van der Waals surface area (Å²) in [6, 6.07) is 0. The average molecular weight is 174 g/mol. The minimum atomic E-state index is 0.884. The number of hydrogen-bond donors (Lipinski definition) is 0. The van der Waals surface area contributed by atoms with Gasteiger partial charge < -0.3 is 0 Å². The van der Waals surface area contributed by atoms with E-state index < -0.39 is 0 Å². The Balaban J connectivity index is -0.0000000994. The van der Waals surface area contributed by atoms with E-state index in [0.29, 0.717) is 0 Å². The number of hydrogen-bond acceptors (Lipinski definition) is 0. The maximum absolute atomic E-state index is 2.22. The van der Waals surface area contributed by atoms with E-state index in [1.54, 1.807) is 0 Å². The quantitative estimate of drug-likeness (QED) is 0.507. The largest absolute Gasteiger partial charge is 0.0683 e. The van der Waals surface area contributed by atoms with Crippen LogP contribution in [0.25, 0.3) is 0 Å². The molecule has 0 atom stereocenters. The van der Waals surface area contributed by atoms with Crippen molar-refractivity contribution in [1.29, 1.82) is 0 Å². The highest BCUT2D eigenvalue weighted by Crippen LogP contribution is 2.14. The van der Waals surface area contributed by atoms with Gasteiger partial charge in [0.2, 0.25) is 0 Å². The first-order chi connectivity index (χ1) is 5.77. The zero-order valence-corrected chi connectivity index (χ0v) is 10.4. The topological polar surface area (TPSA) is 0 Å². The fourth-order valence-electron chi connectivity index (χ4n) is 0. The molecule has 0 saturated heterocycles. The first-order valence-corrected chi connectivity index (χ1v) is 5.77. The Morgan fingerprint density at radius 3 is 1.00 bits per heavy atom. The van der Waals surface area contributed by atoms with Crippen LogP contribution >= 0.6 is 0 Å². The van der Waals surface area contributed by atoms with Gasteiger partial charge in [0.05, 0.1) is 0 Å². The fourth-order valence-corrected chi connectivity index (χ4v) is 0. The van der Waals surface area contributed by atoms with Crippen LogP contribution < -0.4 is 0 Å². The van der Waals surface area contributed by atoms with Crippen LogP contribution in [0, 0.1) is 5.92 Å². The highest BCUT2D eigenvalue weighted by atomic mass is 14.0. The Hall–Kier alpha value is 0. The van der Waals surface area contributed by atoms with Crippen LogP contribution in [0.1, 0.15) is 74.1 Å². The molecule has 0 radical (unpaired) electrons.